The van der Waals surface area contributed by atoms with Crippen LogP contribution in [0.5, 0.6) is 0 Å². The van der Waals surface area contributed by atoms with Crippen molar-refractivity contribution in [1.29, 1.82) is 0 Å². The summed E-state index contributed by atoms with van der Waals surface area (Å²) in [4.78, 5) is 15.2. The third-order valence-corrected chi connectivity index (χ3v) is 9.12. The van der Waals surface area contributed by atoms with Crippen LogP contribution in [0.1, 0.15) is 0 Å². The fourth-order valence-corrected chi connectivity index (χ4v) is 6.81. The minimum atomic E-state index is 0.640. The average molecular weight is 612 g/mol. The topological polar surface area (TPSA) is 38.7 Å². The van der Waals surface area contributed by atoms with Gasteiger partial charge in [0, 0.05) is 16.7 Å². The quantitative estimate of drug-likeness (QED) is 0.182. The highest BCUT2D eigenvalue weighted by atomic mass is 15.0. The molecule has 0 fully saturated rings. The Kier molecular flexibility index (Phi) is 6.80. The molecule has 1 heterocycles. The average Bonchev–Trinajstić information content (AvgIpc) is 3.18. The maximum Gasteiger partial charge on any atom is 0.164 e. The number of rotatable bonds is 5. The van der Waals surface area contributed by atoms with Crippen LogP contribution in [-0.4, -0.2) is 15.0 Å². The second-order valence-corrected chi connectivity index (χ2v) is 12.0. The van der Waals surface area contributed by atoms with Gasteiger partial charge in [0.05, 0.1) is 0 Å². The minimum Gasteiger partial charge on any atom is -0.208 e. The Morgan fingerprint density at radius 3 is 1.33 bits per heavy atom. The van der Waals surface area contributed by atoms with Gasteiger partial charge in [-0.15, -0.1) is 0 Å². The molecule has 0 N–H and O–H groups in total. The molecule has 1 aromatic heterocycles. The van der Waals surface area contributed by atoms with Gasteiger partial charge in [-0.1, -0.05) is 164 Å². The zero-order chi connectivity index (χ0) is 31.9. The molecule has 0 aliphatic carbocycles. The molecule has 0 atom stereocenters. The number of hydrogen-bond acceptors (Lipinski definition) is 3. The number of nitrogens with zero attached hydrogens (tertiary/aromatic N) is 3. The van der Waals surface area contributed by atoms with Crippen molar-refractivity contribution in [3.8, 4) is 56.4 Å². The minimum absolute atomic E-state index is 0.640. The number of benzene rings is 8. The van der Waals surface area contributed by atoms with Gasteiger partial charge in [-0.05, 0) is 66.7 Å². The summed E-state index contributed by atoms with van der Waals surface area (Å²) in [5.41, 5.74) is 7.32. The number of aromatic nitrogens is 3. The summed E-state index contributed by atoms with van der Waals surface area (Å²) in [6.07, 6.45) is 0. The summed E-state index contributed by atoms with van der Waals surface area (Å²) >= 11 is 0. The standard InChI is InChI=1S/C45H29N3/c1-3-14-30(15-4-1)35-20-7-12-25-41(35)45-47-43(31-16-5-2-6-17-31)46-44(48-45)34-19-13-18-32(28-34)33-26-27-40-38-23-9-8-21-36(38)37-22-10-11-24-39(37)42(40)29-33/h1-29H. The van der Waals surface area contributed by atoms with Gasteiger partial charge < -0.3 is 0 Å². The summed E-state index contributed by atoms with van der Waals surface area (Å²) in [5.74, 6) is 1.93. The van der Waals surface area contributed by atoms with E-state index in [2.05, 4.69) is 133 Å². The lowest BCUT2D eigenvalue weighted by atomic mass is 9.92. The van der Waals surface area contributed by atoms with Gasteiger partial charge in [-0.25, -0.2) is 15.0 Å². The Morgan fingerprint density at radius 1 is 0.229 bits per heavy atom. The molecular formula is C45H29N3. The van der Waals surface area contributed by atoms with Crippen molar-refractivity contribution in [3.05, 3.63) is 176 Å². The molecule has 48 heavy (non-hydrogen) atoms. The second-order valence-electron chi connectivity index (χ2n) is 12.0. The van der Waals surface area contributed by atoms with Crippen molar-refractivity contribution in [3.63, 3.8) is 0 Å². The molecule has 3 heteroatoms. The Morgan fingerprint density at radius 2 is 0.667 bits per heavy atom. The fraction of sp³-hybridized carbons (Fsp3) is 0. The van der Waals surface area contributed by atoms with Crippen LogP contribution < -0.4 is 0 Å². The van der Waals surface area contributed by atoms with Gasteiger partial charge in [0.1, 0.15) is 0 Å². The molecule has 9 aromatic rings. The van der Waals surface area contributed by atoms with Crippen molar-refractivity contribution >= 4 is 32.3 Å². The summed E-state index contributed by atoms with van der Waals surface area (Å²) in [6, 6.07) is 61.6. The number of hydrogen-bond donors (Lipinski definition) is 0. The summed E-state index contributed by atoms with van der Waals surface area (Å²) < 4.78 is 0. The molecule has 224 valence electrons. The van der Waals surface area contributed by atoms with E-state index >= 15 is 0 Å². The van der Waals surface area contributed by atoms with Crippen LogP contribution in [-0.2, 0) is 0 Å². The van der Waals surface area contributed by atoms with Crippen LogP contribution in [0.2, 0.25) is 0 Å². The van der Waals surface area contributed by atoms with Crippen LogP contribution in [0.25, 0.3) is 88.7 Å². The highest BCUT2D eigenvalue weighted by Gasteiger charge is 2.16. The SMILES string of the molecule is c1ccc(-c2nc(-c3cccc(-c4ccc5c6ccccc6c6ccccc6c5c4)c3)nc(-c3ccccc3-c3ccccc3)n2)cc1. The van der Waals surface area contributed by atoms with Gasteiger partial charge in [0.25, 0.3) is 0 Å². The third kappa shape index (κ3) is 4.90. The van der Waals surface area contributed by atoms with E-state index in [0.717, 1.165) is 38.9 Å². The lowest BCUT2D eigenvalue weighted by molar-refractivity contribution is 1.07. The maximum absolute atomic E-state index is 5.12. The van der Waals surface area contributed by atoms with Crippen LogP contribution in [0, 0.1) is 0 Å². The first-order chi connectivity index (χ1) is 23.8. The molecular weight excluding hydrogens is 583 g/mol. The second kappa shape index (κ2) is 11.7. The van der Waals surface area contributed by atoms with Crippen LogP contribution in [0.15, 0.2) is 176 Å². The van der Waals surface area contributed by atoms with Gasteiger partial charge in [-0.3, -0.25) is 0 Å². The van der Waals surface area contributed by atoms with Gasteiger partial charge >= 0.3 is 0 Å². The van der Waals surface area contributed by atoms with Gasteiger partial charge in [0.2, 0.25) is 0 Å². The third-order valence-electron chi connectivity index (χ3n) is 9.12. The van der Waals surface area contributed by atoms with E-state index in [9.17, 15) is 0 Å². The maximum atomic E-state index is 5.12. The van der Waals surface area contributed by atoms with Crippen molar-refractivity contribution in [1.82, 2.24) is 15.0 Å². The lowest BCUT2D eigenvalue weighted by Gasteiger charge is -2.13. The van der Waals surface area contributed by atoms with E-state index in [1.54, 1.807) is 0 Å². The normalized spacial score (nSPS) is 11.3. The molecule has 0 spiro atoms. The molecule has 0 radical (unpaired) electrons. The summed E-state index contributed by atoms with van der Waals surface area (Å²) in [7, 11) is 0. The molecule has 0 saturated carbocycles. The molecule has 0 aliphatic rings. The Hall–Kier alpha value is -6.45. The molecule has 0 aliphatic heterocycles. The monoisotopic (exact) mass is 611 g/mol. The summed E-state index contributed by atoms with van der Waals surface area (Å²) in [5, 5.41) is 7.59. The molecule has 0 unspecified atom stereocenters. The molecule has 3 nitrogen and oxygen atoms in total. The summed E-state index contributed by atoms with van der Waals surface area (Å²) in [6.45, 7) is 0. The first kappa shape index (κ1) is 27.8. The van der Waals surface area contributed by atoms with Crippen molar-refractivity contribution < 1.29 is 0 Å². The predicted molar refractivity (Wildman–Crippen MR) is 200 cm³/mol. The van der Waals surface area contributed by atoms with Crippen molar-refractivity contribution in [2.75, 3.05) is 0 Å². The van der Waals surface area contributed by atoms with E-state index in [4.69, 9.17) is 15.0 Å². The first-order valence-corrected chi connectivity index (χ1v) is 16.2. The van der Waals surface area contributed by atoms with E-state index in [1.165, 1.54) is 32.3 Å². The highest BCUT2D eigenvalue weighted by molar-refractivity contribution is 6.25. The molecule has 0 saturated heterocycles. The smallest absolute Gasteiger partial charge is 0.164 e. The van der Waals surface area contributed by atoms with E-state index in [0.29, 0.717) is 17.5 Å². The largest absolute Gasteiger partial charge is 0.208 e. The van der Waals surface area contributed by atoms with E-state index in [1.807, 2.05) is 42.5 Å². The van der Waals surface area contributed by atoms with Crippen LogP contribution in [0.3, 0.4) is 0 Å². The molecule has 0 bridgehead atoms. The Balaban J connectivity index is 1.21. The zero-order valence-electron chi connectivity index (χ0n) is 26.1. The fourth-order valence-electron chi connectivity index (χ4n) is 6.81. The van der Waals surface area contributed by atoms with Crippen LogP contribution in [0.4, 0.5) is 0 Å². The van der Waals surface area contributed by atoms with Crippen molar-refractivity contribution in [2.24, 2.45) is 0 Å². The van der Waals surface area contributed by atoms with E-state index in [-0.39, 0.29) is 0 Å². The first-order valence-electron chi connectivity index (χ1n) is 16.2. The molecule has 9 rings (SSSR count). The highest BCUT2D eigenvalue weighted by Crippen LogP contribution is 2.38. The Labute approximate surface area is 278 Å². The lowest BCUT2D eigenvalue weighted by Crippen LogP contribution is -2.01. The molecule has 8 aromatic carbocycles. The van der Waals surface area contributed by atoms with Gasteiger partial charge in [-0.2, -0.15) is 0 Å². The Bertz CT molecular complexity index is 2570. The molecule has 0 amide bonds. The zero-order valence-corrected chi connectivity index (χ0v) is 26.1. The van der Waals surface area contributed by atoms with E-state index < -0.39 is 0 Å². The van der Waals surface area contributed by atoms with Crippen molar-refractivity contribution in [2.45, 2.75) is 0 Å². The predicted octanol–water partition coefficient (Wildman–Crippen LogP) is 11.7. The number of fused-ring (bicyclic) bond motifs is 6. The van der Waals surface area contributed by atoms with Crippen LogP contribution >= 0.6 is 0 Å². The van der Waals surface area contributed by atoms with Gasteiger partial charge in [0.15, 0.2) is 17.5 Å².